The summed E-state index contributed by atoms with van der Waals surface area (Å²) in [5.74, 6) is -0.153. The van der Waals surface area contributed by atoms with Gasteiger partial charge in [0.1, 0.15) is 5.75 Å². The normalized spacial score (nSPS) is 21.1. The molecule has 0 unspecified atom stereocenters. The molecular weight excluding hydrogens is 380 g/mol. The zero-order chi connectivity index (χ0) is 21.8. The number of ether oxygens (including phenoxy) is 1. The Kier molecular flexibility index (Phi) is 6.80. The van der Waals surface area contributed by atoms with E-state index in [2.05, 4.69) is 35.5 Å². The fourth-order valence-corrected chi connectivity index (χ4v) is 4.20. The number of aliphatic carboxylic acids is 1. The van der Waals surface area contributed by atoms with Crippen molar-refractivity contribution in [2.45, 2.75) is 45.4 Å². The third-order valence-electron chi connectivity index (χ3n) is 5.90. The summed E-state index contributed by atoms with van der Waals surface area (Å²) in [6, 6.07) is 4.13. The van der Waals surface area contributed by atoms with Gasteiger partial charge in [-0.1, -0.05) is 24.3 Å². The number of aromatic amines is 1. The van der Waals surface area contributed by atoms with Crippen molar-refractivity contribution < 1.29 is 19.7 Å². The minimum atomic E-state index is -1.01. The van der Waals surface area contributed by atoms with Gasteiger partial charge in [0.15, 0.2) is 0 Å². The van der Waals surface area contributed by atoms with Gasteiger partial charge in [0, 0.05) is 41.8 Å². The van der Waals surface area contributed by atoms with Crippen molar-refractivity contribution in [2.24, 2.45) is 0 Å². The number of allylic oxidation sites excluding steroid dienone is 2. The van der Waals surface area contributed by atoms with E-state index in [1.54, 1.807) is 13.2 Å². The lowest BCUT2D eigenvalue weighted by molar-refractivity contribution is -0.132. The second-order valence-corrected chi connectivity index (χ2v) is 7.85. The summed E-state index contributed by atoms with van der Waals surface area (Å²) in [5.41, 5.74) is 4.50. The van der Waals surface area contributed by atoms with Crippen molar-refractivity contribution in [1.29, 1.82) is 0 Å². The second kappa shape index (κ2) is 9.32. The van der Waals surface area contributed by atoms with E-state index in [9.17, 15) is 15.0 Å². The number of H-pyrrole nitrogens is 1. The molecule has 0 spiro atoms. The molecule has 160 valence electrons. The number of aliphatic hydroxyl groups excluding tert-OH is 1. The number of nitrogens with zero attached hydrogens (tertiary/aromatic N) is 1. The monoisotopic (exact) mass is 410 g/mol. The molecule has 0 bridgehead atoms. The van der Waals surface area contributed by atoms with Crippen LogP contribution in [-0.4, -0.2) is 51.9 Å². The number of aryl methyl sites for hydroxylation is 1. The maximum absolute atomic E-state index is 11.2. The Morgan fingerprint density at radius 2 is 2.20 bits per heavy atom. The fourth-order valence-electron chi connectivity index (χ4n) is 4.20. The molecule has 0 radical (unpaired) electrons. The molecule has 6 heteroatoms. The van der Waals surface area contributed by atoms with Crippen molar-refractivity contribution in [1.82, 2.24) is 9.88 Å². The van der Waals surface area contributed by atoms with Crippen LogP contribution >= 0.6 is 0 Å². The Morgan fingerprint density at radius 1 is 1.43 bits per heavy atom. The maximum Gasteiger partial charge on any atom is 0.335 e. The Labute approximate surface area is 177 Å². The van der Waals surface area contributed by atoms with Gasteiger partial charge in [-0.25, -0.2) is 4.79 Å². The van der Waals surface area contributed by atoms with E-state index in [1.165, 1.54) is 6.08 Å². The molecule has 6 nitrogen and oxygen atoms in total. The van der Waals surface area contributed by atoms with E-state index in [1.807, 2.05) is 19.2 Å². The van der Waals surface area contributed by atoms with Gasteiger partial charge in [0.05, 0.1) is 18.8 Å². The zero-order valence-corrected chi connectivity index (χ0v) is 17.8. The van der Waals surface area contributed by atoms with Crippen LogP contribution in [0.25, 0.3) is 10.9 Å². The summed E-state index contributed by atoms with van der Waals surface area (Å²) in [6.45, 7) is 9.02. The smallest absolute Gasteiger partial charge is 0.335 e. The van der Waals surface area contributed by atoms with Gasteiger partial charge in [-0.3, -0.25) is 4.90 Å². The van der Waals surface area contributed by atoms with Crippen molar-refractivity contribution in [3.63, 3.8) is 0 Å². The minimum Gasteiger partial charge on any atom is -0.496 e. The largest absolute Gasteiger partial charge is 0.496 e. The highest BCUT2D eigenvalue weighted by Crippen LogP contribution is 2.34. The van der Waals surface area contributed by atoms with Crippen LogP contribution in [-0.2, 0) is 11.3 Å². The van der Waals surface area contributed by atoms with Gasteiger partial charge in [0.25, 0.3) is 0 Å². The van der Waals surface area contributed by atoms with Crippen LogP contribution in [0.3, 0.4) is 0 Å². The van der Waals surface area contributed by atoms with Gasteiger partial charge in [0.2, 0.25) is 0 Å². The predicted molar refractivity (Wildman–Crippen MR) is 119 cm³/mol. The first-order valence-corrected chi connectivity index (χ1v) is 10.2. The number of methoxy groups -OCH3 is 1. The third-order valence-corrected chi connectivity index (χ3v) is 5.90. The molecule has 1 fully saturated rings. The topological polar surface area (TPSA) is 85.8 Å². The first-order valence-electron chi connectivity index (χ1n) is 10.2. The summed E-state index contributed by atoms with van der Waals surface area (Å²) in [6.07, 6.45) is 7.61. The number of hydrogen-bond donors (Lipinski definition) is 3. The highest BCUT2D eigenvalue weighted by Gasteiger charge is 2.29. The van der Waals surface area contributed by atoms with Crippen LogP contribution in [0.5, 0.6) is 5.75 Å². The van der Waals surface area contributed by atoms with Crippen molar-refractivity contribution in [3.8, 4) is 5.75 Å². The predicted octanol–water partition coefficient (Wildman–Crippen LogP) is 3.95. The number of rotatable bonds is 7. The summed E-state index contributed by atoms with van der Waals surface area (Å²) in [7, 11) is 1.69. The molecule has 1 aromatic heterocycles. The first-order chi connectivity index (χ1) is 14.3. The van der Waals surface area contributed by atoms with Gasteiger partial charge in [-0.2, -0.15) is 0 Å². The van der Waals surface area contributed by atoms with E-state index in [0.29, 0.717) is 19.4 Å². The van der Waals surface area contributed by atoms with E-state index in [0.717, 1.165) is 39.9 Å². The van der Waals surface area contributed by atoms with Crippen molar-refractivity contribution >= 4 is 16.9 Å². The number of hydrogen-bond acceptors (Lipinski definition) is 4. The van der Waals surface area contributed by atoms with Crippen LogP contribution < -0.4 is 4.74 Å². The van der Waals surface area contributed by atoms with E-state index < -0.39 is 5.97 Å². The van der Waals surface area contributed by atoms with Gasteiger partial charge in [-0.05, 0) is 50.5 Å². The fraction of sp³-hybridized carbons (Fsp3) is 0.375. The van der Waals surface area contributed by atoms with E-state index >= 15 is 0 Å². The van der Waals surface area contributed by atoms with Gasteiger partial charge >= 0.3 is 5.97 Å². The average Bonchev–Trinajstić information content (AvgIpc) is 3.21. The van der Waals surface area contributed by atoms with E-state index in [-0.39, 0.29) is 17.7 Å². The van der Waals surface area contributed by atoms with Crippen LogP contribution in [0.1, 0.15) is 30.9 Å². The molecule has 1 aromatic carbocycles. The number of aromatic nitrogens is 1. The van der Waals surface area contributed by atoms with Gasteiger partial charge in [-0.15, -0.1) is 0 Å². The number of likely N-dealkylation sites (tertiary alicyclic amines) is 1. The molecule has 0 aliphatic carbocycles. The first kappa shape index (κ1) is 21.9. The molecule has 2 heterocycles. The molecule has 3 N–H and O–H groups in total. The number of nitrogens with one attached hydrogen (secondary N) is 1. The summed E-state index contributed by atoms with van der Waals surface area (Å²) in [5, 5.41) is 20.6. The van der Waals surface area contributed by atoms with Crippen LogP contribution in [0.2, 0.25) is 0 Å². The molecule has 30 heavy (non-hydrogen) atoms. The number of fused-ring (bicyclic) bond motifs is 1. The van der Waals surface area contributed by atoms with Crippen LogP contribution in [0.15, 0.2) is 54.3 Å². The highest BCUT2D eigenvalue weighted by molar-refractivity contribution is 5.90. The SMILES string of the molecule is C=C/C(=C\C=C(/C)[C@@H]1C[C@@H](O)CCN1Cc1c(OC)cc(C)c2[nH]ccc12)C(=O)O. The van der Waals surface area contributed by atoms with Gasteiger partial charge < -0.3 is 19.9 Å². The maximum atomic E-state index is 11.2. The Bertz CT molecular complexity index is 1000. The number of benzene rings is 1. The van der Waals surface area contributed by atoms with E-state index in [4.69, 9.17) is 4.74 Å². The molecule has 2 aromatic rings. The number of aliphatic hydroxyl groups is 1. The summed E-state index contributed by atoms with van der Waals surface area (Å²) >= 11 is 0. The molecule has 2 atom stereocenters. The number of carboxylic acids is 1. The van der Waals surface area contributed by atoms with Crippen LogP contribution in [0.4, 0.5) is 0 Å². The number of carboxylic acid groups (broad SMARTS) is 1. The third kappa shape index (κ3) is 4.50. The molecule has 1 aliphatic rings. The van der Waals surface area contributed by atoms with Crippen LogP contribution in [0, 0.1) is 6.92 Å². The Hall–Kier alpha value is -2.83. The molecule has 1 aliphatic heterocycles. The zero-order valence-electron chi connectivity index (χ0n) is 17.8. The molecule has 0 amide bonds. The molecule has 0 saturated carbocycles. The second-order valence-electron chi connectivity index (χ2n) is 7.85. The number of carbonyl (C=O) groups is 1. The summed E-state index contributed by atoms with van der Waals surface area (Å²) < 4.78 is 5.69. The molecular formula is C24H30N2O4. The molecule has 1 saturated heterocycles. The average molecular weight is 411 g/mol. The standard InChI is InChI=1S/C24H30N2O4/c1-5-17(24(28)29)7-6-15(2)21-13-18(27)9-11-26(21)14-20-19-8-10-25-23(19)16(3)12-22(20)30-4/h5-8,10,12,18,21,25,27H,1,9,11,13-14H2,2-4H3,(H,28,29)/b15-6+,17-7+/t18-,21-/m0/s1. The lowest BCUT2D eigenvalue weighted by atomic mass is 9.92. The summed E-state index contributed by atoms with van der Waals surface area (Å²) in [4.78, 5) is 16.9. The lowest BCUT2D eigenvalue weighted by Gasteiger charge is -2.39. The number of piperidine rings is 1. The Morgan fingerprint density at radius 3 is 2.87 bits per heavy atom. The van der Waals surface area contributed by atoms with Crippen molar-refractivity contribution in [3.05, 3.63) is 65.4 Å². The highest BCUT2D eigenvalue weighted by atomic mass is 16.5. The molecule has 3 rings (SSSR count). The Balaban J connectivity index is 1.95. The lowest BCUT2D eigenvalue weighted by Crippen LogP contribution is -2.44. The van der Waals surface area contributed by atoms with Crippen molar-refractivity contribution in [2.75, 3.05) is 13.7 Å². The minimum absolute atomic E-state index is 0.00450. The quantitative estimate of drug-likeness (QED) is 0.475.